The molecule has 0 aliphatic heterocycles. The van der Waals surface area contributed by atoms with Crippen molar-refractivity contribution in [2.75, 3.05) is 5.32 Å². The fourth-order valence-electron chi connectivity index (χ4n) is 4.13. The van der Waals surface area contributed by atoms with Gasteiger partial charge in [0.15, 0.2) is 0 Å². The second-order valence-electron chi connectivity index (χ2n) is 7.79. The van der Waals surface area contributed by atoms with Crippen molar-refractivity contribution in [2.24, 2.45) is 11.8 Å². The zero-order valence-corrected chi connectivity index (χ0v) is 16.1. The smallest absolute Gasteiger partial charge is 0.228 e. The van der Waals surface area contributed by atoms with Gasteiger partial charge in [-0.2, -0.15) is 0 Å². The summed E-state index contributed by atoms with van der Waals surface area (Å²) >= 11 is 0. The van der Waals surface area contributed by atoms with E-state index >= 15 is 0 Å². The van der Waals surface area contributed by atoms with Crippen LogP contribution in [0.2, 0.25) is 0 Å². The molecule has 2 N–H and O–H groups in total. The monoisotopic (exact) mass is 356 g/mol. The molecule has 3 rings (SSSR count). The number of hydrogen-bond acceptors (Lipinski definition) is 2. The number of aryl methyl sites for hydroxylation is 2. The van der Waals surface area contributed by atoms with Gasteiger partial charge in [-0.15, -0.1) is 0 Å². The van der Waals surface area contributed by atoms with Crippen LogP contribution in [0.5, 0.6) is 0 Å². The largest absolute Gasteiger partial charge is 0.353 e. The molecule has 4 nitrogen and oxygen atoms in total. The minimum Gasteiger partial charge on any atom is -0.353 e. The van der Waals surface area contributed by atoms with Crippen molar-refractivity contribution >= 4 is 17.5 Å². The molecule has 0 aromatic heterocycles. The average Bonchev–Trinajstić information content (AvgIpc) is 3.46. The van der Waals surface area contributed by atoms with Gasteiger partial charge < -0.3 is 10.6 Å². The first-order valence-corrected chi connectivity index (χ1v) is 10.4. The van der Waals surface area contributed by atoms with Crippen molar-refractivity contribution in [1.29, 1.82) is 0 Å². The Hall–Kier alpha value is -1.84. The van der Waals surface area contributed by atoms with Gasteiger partial charge in [0.25, 0.3) is 0 Å². The molecule has 0 saturated heterocycles. The zero-order chi connectivity index (χ0) is 18.5. The molecule has 2 saturated carbocycles. The van der Waals surface area contributed by atoms with E-state index in [1.54, 1.807) is 0 Å². The molecule has 142 valence electrons. The van der Waals surface area contributed by atoms with E-state index in [4.69, 9.17) is 0 Å². The summed E-state index contributed by atoms with van der Waals surface area (Å²) in [7, 11) is 0. The van der Waals surface area contributed by atoms with Crippen LogP contribution >= 0.6 is 0 Å². The first kappa shape index (κ1) is 18.9. The van der Waals surface area contributed by atoms with Gasteiger partial charge >= 0.3 is 0 Å². The highest BCUT2D eigenvalue weighted by Gasteiger charge is 2.48. The van der Waals surface area contributed by atoms with Gasteiger partial charge in [-0.25, -0.2) is 0 Å². The first-order chi connectivity index (χ1) is 12.6. The van der Waals surface area contributed by atoms with Gasteiger partial charge in [-0.1, -0.05) is 57.7 Å². The van der Waals surface area contributed by atoms with Crippen molar-refractivity contribution in [1.82, 2.24) is 5.32 Å². The molecule has 2 aliphatic carbocycles. The summed E-state index contributed by atoms with van der Waals surface area (Å²) in [6.45, 7) is 4.20. The minimum absolute atomic E-state index is 0.00150. The molecule has 2 fully saturated rings. The number of carbonyl (C=O) groups excluding carboxylic acids is 2. The van der Waals surface area contributed by atoms with Crippen LogP contribution in [0.4, 0.5) is 5.69 Å². The summed E-state index contributed by atoms with van der Waals surface area (Å²) in [5.41, 5.74) is 3.29. The van der Waals surface area contributed by atoms with Gasteiger partial charge in [0, 0.05) is 11.7 Å². The van der Waals surface area contributed by atoms with Crippen molar-refractivity contribution in [2.45, 2.75) is 77.7 Å². The number of hydrogen-bond donors (Lipinski definition) is 2. The Morgan fingerprint density at radius 3 is 2.08 bits per heavy atom. The number of anilines is 1. The molecule has 1 aromatic rings. The Labute approximate surface area is 157 Å². The quantitative estimate of drug-likeness (QED) is 0.750. The van der Waals surface area contributed by atoms with Crippen LogP contribution in [0.3, 0.4) is 0 Å². The van der Waals surface area contributed by atoms with Gasteiger partial charge in [0.2, 0.25) is 11.8 Å². The Morgan fingerprint density at radius 2 is 1.50 bits per heavy atom. The SMILES string of the molecule is CCc1cccc(CC)c1NC(=O)C1CC1C(=O)NC1CCCCCC1. The summed E-state index contributed by atoms with van der Waals surface area (Å²) in [6, 6.07) is 6.49. The second kappa shape index (κ2) is 8.70. The topological polar surface area (TPSA) is 58.2 Å². The Balaban J connectivity index is 1.56. The summed E-state index contributed by atoms with van der Waals surface area (Å²) in [5, 5.41) is 6.32. The predicted octanol–water partition coefficient (Wildman–Crippen LogP) is 4.23. The maximum absolute atomic E-state index is 12.7. The standard InChI is InChI=1S/C22H32N2O2/c1-3-15-10-9-11-16(4-2)20(15)24-22(26)19-14-18(19)21(25)23-17-12-7-5-6-8-13-17/h9-11,17-19H,3-8,12-14H2,1-2H3,(H,23,25)(H,24,26). The lowest BCUT2D eigenvalue weighted by molar-refractivity contribution is -0.125. The average molecular weight is 357 g/mol. The first-order valence-electron chi connectivity index (χ1n) is 10.4. The van der Waals surface area contributed by atoms with Crippen LogP contribution in [0.25, 0.3) is 0 Å². The van der Waals surface area contributed by atoms with Gasteiger partial charge in [-0.05, 0) is 43.2 Å². The lowest BCUT2D eigenvalue weighted by Crippen LogP contribution is -2.36. The van der Waals surface area contributed by atoms with Crippen LogP contribution in [0.1, 0.15) is 69.9 Å². The number of carbonyl (C=O) groups is 2. The highest BCUT2D eigenvalue weighted by atomic mass is 16.2. The van der Waals surface area contributed by atoms with Crippen molar-refractivity contribution in [3.05, 3.63) is 29.3 Å². The summed E-state index contributed by atoms with van der Waals surface area (Å²) in [5.74, 6) is -0.231. The van der Waals surface area contributed by atoms with E-state index in [0.717, 1.165) is 42.5 Å². The Morgan fingerprint density at radius 1 is 0.923 bits per heavy atom. The van der Waals surface area contributed by atoms with E-state index in [0.29, 0.717) is 12.5 Å². The fourth-order valence-corrected chi connectivity index (χ4v) is 4.13. The predicted molar refractivity (Wildman–Crippen MR) is 105 cm³/mol. The maximum atomic E-state index is 12.7. The van der Waals surface area contributed by atoms with E-state index in [1.165, 1.54) is 25.7 Å². The van der Waals surface area contributed by atoms with E-state index < -0.39 is 0 Å². The molecule has 0 spiro atoms. The molecule has 2 unspecified atom stereocenters. The van der Waals surface area contributed by atoms with Gasteiger partial charge in [-0.3, -0.25) is 9.59 Å². The molecule has 2 amide bonds. The third kappa shape index (κ3) is 4.46. The van der Waals surface area contributed by atoms with Crippen LogP contribution in [-0.2, 0) is 22.4 Å². The van der Waals surface area contributed by atoms with E-state index in [2.05, 4.69) is 36.6 Å². The molecule has 2 atom stereocenters. The highest BCUT2D eigenvalue weighted by molar-refractivity contribution is 6.00. The molecular weight excluding hydrogens is 324 g/mol. The molecule has 2 aliphatic rings. The fraction of sp³-hybridized carbons (Fsp3) is 0.636. The van der Waals surface area contributed by atoms with E-state index in [9.17, 15) is 9.59 Å². The third-order valence-electron chi connectivity index (χ3n) is 5.91. The van der Waals surface area contributed by atoms with E-state index in [1.807, 2.05) is 6.07 Å². The third-order valence-corrected chi connectivity index (χ3v) is 5.91. The van der Waals surface area contributed by atoms with Crippen LogP contribution in [0.15, 0.2) is 18.2 Å². The number of nitrogens with one attached hydrogen (secondary N) is 2. The number of benzene rings is 1. The minimum atomic E-state index is -0.171. The highest BCUT2D eigenvalue weighted by Crippen LogP contribution is 2.40. The Bertz CT molecular complexity index is 625. The lowest BCUT2D eigenvalue weighted by atomic mass is 10.0. The van der Waals surface area contributed by atoms with Crippen LogP contribution < -0.4 is 10.6 Å². The molecule has 0 heterocycles. The molecule has 4 heteroatoms. The molecule has 0 bridgehead atoms. The summed E-state index contributed by atoms with van der Waals surface area (Å²) in [4.78, 5) is 25.2. The van der Waals surface area contributed by atoms with Gasteiger partial charge in [0.05, 0.1) is 11.8 Å². The summed E-state index contributed by atoms with van der Waals surface area (Å²) in [6.07, 6.45) is 9.58. The maximum Gasteiger partial charge on any atom is 0.228 e. The molecular formula is C22H32N2O2. The van der Waals surface area contributed by atoms with Crippen LogP contribution in [-0.4, -0.2) is 17.9 Å². The molecule has 26 heavy (non-hydrogen) atoms. The molecule has 1 aromatic carbocycles. The number of para-hydroxylation sites is 1. The second-order valence-corrected chi connectivity index (χ2v) is 7.79. The van der Waals surface area contributed by atoms with Crippen molar-refractivity contribution in [3.8, 4) is 0 Å². The zero-order valence-electron chi connectivity index (χ0n) is 16.1. The Kier molecular flexibility index (Phi) is 6.33. The lowest BCUT2D eigenvalue weighted by Gasteiger charge is -2.16. The number of rotatable bonds is 6. The number of amides is 2. The normalized spacial score (nSPS) is 23.2. The van der Waals surface area contributed by atoms with Crippen LogP contribution in [0, 0.1) is 11.8 Å². The van der Waals surface area contributed by atoms with Crippen molar-refractivity contribution in [3.63, 3.8) is 0 Å². The van der Waals surface area contributed by atoms with E-state index in [-0.39, 0.29) is 23.7 Å². The molecule has 0 radical (unpaired) electrons. The summed E-state index contributed by atoms with van der Waals surface area (Å²) < 4.78 is 0. The van der Waals surface area contributed by atoms with Crippen molar-refractivity contribution < 1.29 is 9.59 Å². The van der Waals surface area contributed by atoms with Gasteiger partial charge in [0.1, 0.15) is 0 Å².